The van der Waals surface area contributed by atoms with Gasteiger partial charge in [-0.2, -0.15) is 0 Å². The maximum atomic E-state index is 2.59. The molecule has 0 unspecified atom stereocenters. The van der Waals surface area contributed by atoms with Crippen LogP contribution < -0.4 is 26.5 Å². The van der Waals surface area contributed by atoms with Crippen molar-refractivity contribution >= 4 is 42.5 Å². The molecule has 0 fully saturated rings. The Morgan fingerprint density at radius 2 is 0.833 bits per heavy atom. The van der Waals surface area contributed by atoms with Gasteiger partial charge in [-0.25, -0.2) is 0 Å². The molecule has 0 N–H and O–H groups in total. The molecule has 5 aromatic rings. The first kappa shape index (κ1) is 24.6. The topological polar surface area (TPSA) is 3.24 Å². The lowest BCUT2D eigenvalue weighted by molar-refractivity contribution is 0.446. The van der Waals surface area contributed by atoms with E-state index in [1.807, 2.05) is 0 Å². The zero-order valence-electron chi connectivity index (χ0n) is 20.8. The molecular formula is C33H31NP2. The zero-order valence-corrected chi connectivity index (χ0v) is 22.6. The molecule has 0 heterocycles. The van der Waals surface area contributed by atoms with Crippen LogP contribution in [0.25, 0.3) is 0 Å². The maximum Gasteiger partial charge on any atom is 0.0365 e. The Bertz CT molecular complexity index is 1280. The van der Waals surface area contributed by atoms with E-state index in [4.69, 9.17) is 0 Å². The van der Waals surface area contributed by atoms with Crippen molar-refractivity contribution in [3.8, 4) is 0 Å². The van der Waals surface area contributed by atoms with Crippen LogP contribution in [0.5, 0.6) is 0 Å². The molecule has 0 amide bonds. The molecule has 0 aliphatic rings. The molecule has 0 saturated heterocycles. The van der Waals surface area contributed by atoms with Gasteiger partial charge in [0, 0.05) is 14.1 Å². The van der Waals surface area contributed by atoms with E-state index < -0.39 is 16.0 Å². The monoisotopic (exact) mass is 503 g/mol. The van der Waals surface area contributed by atoms with Crippen LogP contribution >= 0.6 is 16.0 Å². The molecule has 5 aromatic carbocycles. The number of rotatable bonds is 8. The number of hydrogen-bond donors (Lipinski definition) is 0. The van der Waals surface area contributed by atoms with Crippen LogP contribution in [0.1, 0.15) is 18.5 Å². The summed E-state index contributed by atoms with van der Waals surface area (Å²) in [7, 11) is 0.946. The van der Waals surface area contributed by atoms with Gasteiger partial charge in [-0.1, -0.05) is 146 Å². The second kappa shape index (κ2) is 11.8. The Morgan fingerprint density at radius 1 is 0.472 bits per heavy atom. The van der Waals surface area contributed by atoms with E-state index in [-0.39, 0.29) is 6.04 Å². The fourth-order valence-corrected chi connectivity index (χ4v) is 9.61. The molecule has 0 saturated carbocycles. The predicted octanol–water partition coefficient (Wildman–Crippen LogP) is 6.49. The summed E-state index contributed by atoms with van der Waals surface area (Å²) in [4.78, 5) is 0. The minimum atomic E-state index is -0.675. The molecule has 36 heavy (non-hydrogen) atoms. The van der Waals surface area contributed by atoms with Crippen molar-refractivity contribution in [2.75, 3.05) is 7.05 Å². The lowest BCUT2D eigenvalue weighted by Gasteiger charge is -2.36. The molecule has 1 nitrogen and oxygen atoms in total. The number of benzene rings is 5. The summed E-state index contributed by atoms with van der Waals surface area (Å²) in [5.41, 5.74) is 1.40. The molecular weight excluding hydrogens is 472 g/mol. The summed E-state index contributed by atoms with van der Waals surface area (Å²) in [6.45, 7) is 2.36. The highest BCUT2D eigenvalue weighted by atomic mass is 31.1. The third kappa shape index (κ3) is 5.35. The van der Waals surface area contributed by atoms with Gasteiger partial charge in [-0.15, -0.1) is 0 Å². The number of hydrogen-bond acceptors (Lipinski definition) is 1. The van der Waals surface area contributed by atoms with Crippen molar-refractivity contribution in [3.05, 3.63) is 151 Å². The van der Waals surface area contributed by atoms with Gasteiger partial charge in [0.15, 0.2) is 0 Å². The van der Waals surface area contributed by atoms with Gasteiger partial charge in [0.2, 0.25) is 0 Å². The molecule has 3 heteroatoms. The van der Waals surface area contributed by atoms with E-state index in [0.717, 1.165) is 0 Å². The average molecular weight is 504 g/mol. The summed E-state index contributed by atoms with van der Waals surface area (Å²) in [6, 6.07) is 53.2. The Hall–Kier alpha value is -3.08. The Labute approximate surface area is 218 Å². The van der Waals surface area contributed by atoms with E-state index in [0.29, 0.717) is 0 Å². The van der Waals surface area contributed by atoms with Gasteiger partial charge < -0.3 is 0 Å². The summed E-state index contributed by atoms with van der Waals surface area (Å²) in [5.74, 6) is 0. The van der Waals surface area contributed by atoms with E-state index in [9.17, 15) is 0 Å². The van der Waals surface area contributed by atoms with Crippen molar-refractivity contribution in [1.82, 2.24) is 4.67 Å². The fourth-order valence-electron chi connectivity index (χ4n) is 4.65. The van der Waals surface area contributed by atoms with Crippen LogP contribution in [0, 0.1) is 0 Å². The summed E-state index contributed by atoms with van der Waals surface area (Å²) < 4.78 is 2.59. The van der Waals surface area contributed by atoms with Crippen LogP contribution in [-0.4, -0.2) is 11.7 Å². The van der Waals surface area contributed by atoms with Crippen molar-refractivity contribution in [2.24, 2.45) is 0 Å². The zero-order chi connectivity index (χ0) is 24.7. The normalized spacial score (nSPS) is 12.2. The van der Waals surface area contributed by atoms with Crippen molar-refractivity contribution in [3.63, 3.8) is 0 Å². The van der Waals surface area contributed by atoms with Gasteiger partial charge in [-0.05, 0) is 54.0 Å². The smallest absolute Gasteiger partial charge is 0.0365 e. The third-order valence-corrected chi connectivity index (χ3v) is 11.6. The molecule has 0 aliphatic carbocycles. The Balaban J connectivity index is 1.60. The standard InChI is InChI=1S/C33H31NP2/c1-27(34(2)36(30-21-11-5-12-22-30)31-23-13-6-14-24-31)32-25-15-16-26-33(32)35(28-17-7-3-8-18-28)29-19-9-4-10-20-29/h3-27H,1-2H3/t27-/m0/s1. The largest absolute Gasteiger partial charge is 0.271 e. The lowest BCUT2D eigenvalue weighted by Crippen LogP contribution is -2.31. The minimum Gasteiger partial charge on any atom is -0.271 e. The van der Waals surface area contributed by atoms with Crippen LogP contribution in [0.15, 0.2) is 146 Å². The first-order valence-electron chi connectivity index (χ1n) is 12.4. The molecule has 5 rings (SSSR count). The summed E-state index contributed by atoms with van der Waals surface area (Å²) in [6.07, 6.45) is 0. The SMILES string of the molecule is C[C@@H](c1ccccc1P(c1ccccc1)c1ccccc1)N(C)P(c1ccccc1)c1ccccc1. The molecule has 0 aliphatic heterocycles. The van der Waals surface area contributed by atoms with Gasteiger partial charge in [0.1, 0.15) is 0 Å². The van der Waals surface area contributed by atoms with Gasteiger partial charge >= 0.3 is 0 Å². The quantitative estimate of drug-likeness (QED) is 0.219. The molecule has 0 spiro atoms. The fraction of sp³-hybridized carbons (Fsp3) is 0.0909. The highest BCUT2D eigenvalue weighted by Gasteiger charge is 2.28. The highest BCUT2D eigenvalue weighted by Crippen LogP contribution is 2.44. The first-order valence-corrected chi connectivity index (χ1v) is 15.0. The van der Waals surface area contributed by atoms with Crippen LogP contribution in [0.3, 0.4) is 0 Å². The van der Waals surface area contributed by atoms with Crippen LogP contribution in [0.4, 0.5) is 0 Å². The third-order valence-electron chi connectivity index (χ3n) is 6.53. The second-order valence-electron chi connectivity index (χ2n) is 8.80. The van der Waals surface area contributed by atoms with Crippen molar-refractivity contribution in [2.45, 2.75) is 13.0 Å². The first-order chi connectivity index (χ1) is 17.7. The Kier molecular flexibility index (Phi) is 8.04. The van der Waals surface area contributed by atoms with Gasteiger partial charge in [0.25, 0.3) is 0 Å². The molecule has 0 radical (unpaired) electrons. The van der Waals surface area contributed by atoms with Gasteiger partial charge in [-0.3, -0.25) is 4.67 Å². The minimum absolute atomic E-state index is 0.241. The maximum absolute atomic E-state index is 2.59. The predicted molar refractivity (Wildman–Crippen MR) is 160 cm³/mol. The van der Waals surface area contributed by atoms with Gasteiger partial charge in [0.05, 0.1) is 0 Å². The lowest BCUT2D eigenvalue weighted by atomic mass is 10.1. The van der Waals surface area contributed by atoms with E-state index in [1.165, 1.54) is 32.1 Å². The van der Waals surface area contributed by atoms with E-state index in [1.54, 1.807) is 0 Å². The van der Waals surface area contributed by atoms with E-state index >= 15 is 0 Å². The highest BCUT2D eigenvalue weighted by molar-refractivity contribution is 7.80. The second-order valence-corrected chi connectivity index (χ2v) is 13.3. The summed E-state index contributed by atoms with van der Waals surface area (Å²) >= 11 is 0. The Morgan fingerprint density at radius 3 is 1.28 bits per heavy atom. The molecule has 178 valence electrons. The average Bonchev–Trinajstić information content (AvgIpc) is 2.95. The summed E-state index contributed by atoms with van der Waals surface area (Å²) in [5, 5.41) is 6.95. The van der Waals surface area contributed by atoms with Crippen molar-refractivity contribution < 1.29 is 0 Å². The van der Waals surface area contributed by atoms with E-state index in [2.05, 4.69) is 164 Å². The molecule has 1 atom stereocenters. The van der Waals surface area contributed by atoms with Crippen molar-refractivity contribution in [1.29, 1.82) is 0 Å². The molecule has 0 aromatic heterocycles. The number of nitrogens with zero attached hydrogens (tertiary/aromatic N) is 1. The van der Waals surface area contributed by atoms with Crippen LogP contribution in [0.2, 0.25) is 0 Å². The van der Waals surface area contributed by atoms with Crippen LogP contribution in [-0.2, 0) is 0 Å². The molecule has 0 bridgehead atoms.